The van der Waals surface area contributed by atoms with Crippen LogP contribution >= 0.6 is 0 Å². The number of hydrogen-bond acceptors (Lipinski definition) is 3. The quantitative estimate of drug-likeness (QED) is 0.289. The van der Waals surface area contributed by atoms with Crippen molar-refractivity contribution in [1.82, 2.24) is 9.47 Å². The lowest BCUT2D eigenvalue weighted by molar-refractivity contribution is 0.0661. The molecular weight excluding hydrogens is 460 g/mol. The van der Waals surface area contributed by atoms with Crippen molar-refractivity contribution in [3.63, 3.8) is 0 Å². The number of carbonyl (C=O) groups is 1. The van der Waals surface area contributed by atoms with E-state index in [0.717, 1.165) is 34.2 Å². The zero-order chi connectivity index (χ0) is 25.5. The number of rotatable bonds is 5. The first-order valence-electron chi connectivity index (χ1n) is 12.6. The zero-order valence-corrected chi connectivity index (χ0v) is 21.4. The lowest BCUT2D eigenvalue weighted by Crippen LogP contribution is -2.41. The average molecular weight is 491 g/mol. The maximum Gasteiger partial charge on any atom is 0.256 e. The van der Waals surface area contributed by atoms with Gasteiger partial charge in [0.05, 0.1) is 25.8 Å². The minimum absolute atomic E-state index is 0.0584. The van der Waals surface area contributed by atoms with E-state index in [2.05, 4.69) is 60.7 Å². The number of para-hydroxylation sites is 1. The Kier molecular flexibility index (Phi) is 5.84. The van der Waals surface area contributed by atoms with E-state index in [1.54, 1.807) is 14.2 Å². The number of hydrogen-bond donors (Lipinski definition) is 0. The summed E-state index contributed by atoms with van der Waals surface area (Å²) in [6.07, 6.45) is 3.44. The Morgan fingerprint density at radius 3 is 2.43 bits per heavy atom. The van der Waals surface area contributed by atoms with E-state index in [9.17, 15) is 4.79 Å². The molecule has 0 aliphatic carbocycles. The largest absolute Gasteiger partial charge is 0.493 e. The topological polar surface area (TPSA) is 43.7 Å². The summed E-state index contributed by atoms with van der Waals surface area (Å²) in [5.74, 6) is 1.46. The van der Waals surface area contributed by atoms with Gasteiger partial charge in [-0.2, -0.15) is 0 Å². The van der Waals surface area contributed by atoms with Gasteiger partial charge in [0.1, 0.15) is 0 Å². The summed E-state index contributed by atoms with van der Waals surface area (Å²) in [6.45, 7) is 0.642. The number of ether oxygens (including phenoxy) is 2. The second-order valence-corrected chi connectivity index (χ2v) is 9.73. The molecule has 186 valence electrons. The monoisotopic (exact) mass is 490 g/mol. The molecule has 0 bridgehead atoms. The van der Waals surface area contributed by atoms with Gasteiger partial charge in [-0.15, -0.1) is 0 Å². The van der Waals surface area contributed by atoms with Gasteiger partial charge in [0.2, 0.25) is 0 Å². The van der Waals surface area contributed by atoms with Crippen LogP contribution in [-0.4, -0.2) is 36.1 Å². The molecule has 5 heteroatoms. The normalized spacial score (nSPS) is 15.1. The first-order valence-corrected chi connectivity index (χ1v) is 12.6. The first-order chi connectivity index (χ1) is 18.1. The van der Waals surface area contributed by atoms with Crippen molar-refractivity contribution in [2.45, 2.75) is 18.9 Å². The second-order valence-electron chi connectivity index (χ2n) is 9.73. The van der Waals surface area contributed by atoms with Crippen molar-refractivity contribution in [3.8, 4) is 11.5 Å². The molecule has 5 aromatic rings. The molecule has 37 heavy (non-hydrogen) atoms. The predicted octanol–water partition coefficient (Wildman–Crippen LogP) is 6.33. The van der Waals surface area contributed by atoms with Crippen LogP contribution in [0.5, 0.6) is 11.5 Å². The Hall–Kier alpha value is -4.25. The van der Waals surface area contributed by atoms with Gasteiger partial charge in [-0.3, -0.25) is 4.79 Å². The van der Waals surface area contributed by atoms with Gasteiger partial charge >= 0.3 is 0 Å². The van der Waals surface area contributed by atoms with Crippen molar-refractivity contribution in [2.75, 3.05) is 20.8 Å². The van der Waals surface area contributed by atoms with E-state index in [0.29, 0.717) is 18.7 Å². The summed E-state index contributed by atoms with van der Waals surface area (Å²) in [7, 11) is 5.31. The molecule has 5 nitrogen and oxygen atoms in total. The summed E-state index contributed by atoms with van der Waals surface area (Å²) in [5.41, 5.74) is 5.31. The molecule has 0 radical (unpaired) electrons. The molecule has 0 spiro atoms. The molecule has 1 atom stereocenters. The van der Waals surface area contributed by atoms with E-state index < -0.39 is 0 Å². The molecule has 1 aliphatic rings. The molecule has 0 fully saturated rings. The Labute approximate surface area is 216 Å². The lowest BCUT2D eigenvalue weighted by atomic mass is 9.87. The van der Waals surface area contributed by atoms with Gasteiger partial charge in [0.15, 0.2) is 11.5 Å². The van der Waals surface area contributed by atoms with Crippen molar-refractivity contribution in [3.05, 3.63) is 107 Å². The van der Waals surface area contributed by atoms with Crippen LogP contribution < -0.4 is 9.47 Å². The summed E-state index contributed by atoms with van der Waals surface area (Å²) in [5, 5.41) is 3.40. The van der Waals surface area contributed by atoms with Crippen molar-refractivity contribution in [1.29, 1.82) is 0 Å². The van der Waals surface area contributed by atoms with Crippen LogP contribution in [0.3, 0.4) is 0 Å². The zero-order valence-electron chi connectivity index (χ0n) is 21.4. The lowest BCUT2D eigenvalue weighted by Gasteiger charge is -2.38. The number of aromatic nitrogens is 1. The van der Waals surface area contributed by atoms with Crippen molar-refractivity contribution < 1.29 is 14.3 Å². The Morgan fingerprint density at radius 1 is 0.892 bits per heavy atom. The summed E-state index contributed by atoms with van der Waals surface area (Å²) in [6, 6.07) is 27.1. The van der Waals surface area contributed by atoms with Crippen LogP contribution in [0.15, 0.2) is 85.1 Å². The molecule has 4 aromatic carbocycles. The van der Waals surface area contributed by atoms with Crippen LogP contribution in [0.4, 0.5) is 0 Å². The number of nitrogens with zero attached hydrogens (tertiary/aromatic N) is 2. The number of fused-ring (bicyclic) bond motifs is 3. The number of benzene rings is 4. The first kappa shape index (κ1) is 23.2. The van der Waals surface area contributed by atoms with Crippen LogP contribution in [0.25, 0.3) is 21.7 Å². The maximum absolute atomic E-state index is 14.2. The van der Waals surface area contributed by atoms with Crippen LogP contribution in [0, 0.1) is 0 Å². The van der Waals surface area contributed by atoms with Crippen molar-refractivity contribution >= 4 is 27.6 Å². The van der Waals surface area contributed by atoms with Gasteiger partial charge in [0, 0.05) is 30.7 Å². The highest BCUT2D eigenvalue weighted by Gasteiger charge is 2.34. The highest BCUT2D eigenvalue weighted by Crippen LogP contribution is 2.40. The van der Waals surface area contributed by atoms with Crippen molar-refractivity contribution in [2.24, 2.45) is 7.05 Å². The van der Waals surface area contributed by atoms with Gasteiger partial charge in [-0.1, -0.05) is 60.7 Å². The Bertz CT molecular complexity index is 1630. The molecule has 2 heterocycles. The number of aryl methyl sites for hydroxylation is 1. The highest BCUT2D eigenvalue weighted by molar-refractivity contribution is 6.07. The average Bonchev–Trinajstić information content (AvgIpc) is 3.28. The third kappa shape index (κ3) is 4.01. The van der Waals surface area contributed by atoms with E-state index in [-0.39, 0.29) is 11.9 Å². The minimum Gasteiger partial charge on any atom is -0.493 e. The van der Waals surface area contributed by atoms with Crippen LogP contribution in [0.1, 0.15) is 33.1 Å². The van der Waals surface area contributed by atoms with E-state index in [1.165, 1.54) is 21.9 Å². The molecule has 1 amide bonds. The molecule has 0 saturated heterocycles. The molecule has 1 unspecified atom stereocenters. The highest BCUT2D eigenvalue weighted by atomic mass is 16.5. The fraction of sp³-hybridized carbons (Fsp3) is 0.219. The fourth-order valence-corrected chi connectivity index (χ4v) is 5.75. The smallest absolute Gasteiger partial charge is 0.256 e. The van der Waals surface area contributed by atoms with E-state index in [4.69, 9.17) is 9.47 Å². The molecule has 0 saturated carbocycles. The minimum atomic E-state index is -0.129. The van der Waals surface area contributed by atoms with Gasteiger partial charge in [-0.05, 0) is 58.5 Å². The number of methoxy groups -OCH3 is 2. The van der Waals surface area contributed by atoms with Gasteiger partial charge < -0.3 is 18.9 Å². The standard InChI is InChI=1S/C32H30N2O3/c1-33-20-27(25-10-6-7-11-28(25)33)32(35)34-15-14-24-18-30(36-2)31(37-3)19-26(24)29(34)17-21-12-13-22-8-4-5-9-23(22)16-21/h4-13,16,18-20,29H,14-15,17H2,1-3H3. The third-order valence-electron chi connectivity index (χ3n) is 7.63. The summed E-state index contributed by atoms with van der Waals surface area (Å²) in [4.78, 5) is 16.2. The van der Waals surface area contributed by atoms with Gasteiger partial charge in [-0.25, -0.2) is 0 Å². The van der Waals surface area contributed by atoms with Crippen LogP contribution in [0.2, 0.25) is 0 Å². The predicted molar refractivity (Wildman–Crippen MR) is 148 cm³/mol. The maximum atomic E-state index is 14.2. The number of amides is 1. The van der Waals surface area contributed by atoms with Crippen LogP contribution in [-0.2, 0) is 19.9 Å². The van der Waals surface area contributed by atoms with E-state index in [1.807, 2.05) is 40.9 Å². The Morgan fingerprint density at radius 2 is 1.62 bits per heavy atom. The molecule has 0 N–H and O–H groups in total. The third-order valence-corrected chi connectivity index (χ3v) is 7.63. The molecular formula is C32H30N2O3. The molecule has 1 aromatic heterocycles. The molecule has 1 aliphatic heterocycles. The second kappa shape index (κ2) is 9.32. The molecule has 6 rings (SSSR count). The summed E-state index contributed by atoms with van der Waals surface area (Å²) < 4.78 is 13.3. The SMILES string of the molecule is COc1cc2c(cc1OC)C(Cc1ccc3ccccc3c1)N(C(=O)c1cn(C)c3ccccc13)CC2. The summed E-state index contributed by atoms with van der Waals surface area (Å²) >= 11 is 0. The fourth-order valence-electron chi connectivity index (χ4n) is 5.75. The number of carbonyl (C=O) groups excluding carboxylic acids is 1. The van der Waals surface area contributed by atoms with E-state index >= 15 is 0 Å². The Balaban J connectivity index is 1.46. The van der Waals surface area contributed by atoms with Gasteiger partial charge in [0.25, 0.3) is 5.91 Å².